The summed E-state index contributed by atoms with van der Waals surface area (Å²) in [5, 5.41) is 3.39. The molecule has 3 nitrogen and oxygen atoms in total. The summed E-state index contributed by atoms with van der Waals surface area (Å²) in [6.07, 6.45) is 0. The smallest absolute Gasteiger partial charge is 0.0351 e. The standard InChI is InChI=1S/C11H21N3/c1-10(2)7-13-8-11(9-13)14-5-3-12-4-6-14/h11-12H,1,3-9H2,2H3. The van der Waals surface area contributed by atoms with Gasteiger partial charge >= 0.3 is 0 Å². The fraction of sp³-hybridized carbons (Fsp3) is 0.818. The lowest BCUT2D eigenvalue weighted by Crippen LogP contribution is -2.62. The Hall–Kier alpha value is -0.380. The van der Waals surface area contributed by atoms with E-state index in [2.05, 4.69) is 28.6 Å². The van der Waals surface area contributed by atoms with Gasteiger partial charge in [0.15, 0.2) is 0 Å². The Labute approximate surface area is 86.8 Å². The van der Waals surface area contributed by atoms with Crippen molar-refractivity contribution in [2.24, 2.45) is 0 Å². The van der Waals surface area contributed by atoms with Gasteiger partial charge in [0, 0.05) is 51.9 Å². The molecule has 2 aliphatic rings. The van der Waals surface area contributed by atoms with Crippen molar-refractivity contribution in [2.45, 2.75) is 13.0 Å². The van der Waals surface area contributed by atoms with Crippen LogP contribution in [0, 0.1) is 0 Å². The monoisotopic (exact) mass is 195 g/mol. The fourth-order valence-electron chi connectivity index (χ4n) is 2.33. The molecule has 0 amide bonds. The van der Waals surface area contributed by atoms with Gasteiger partial charge in [-0.15, -0.1) is 0 Å². The van der Waals surface area contributed by atoms with Gasteiger partial charge in [-0.25, -0.2) is 0 Å². The van der Waals surface area contributed by atoms with Crippen LogP contribution >= 0.6 is 0 Å². The molecule has 2 aliphatic heterocycles. The van der Waals surface area contributed by atoms with E-state index < -0.39 is 0 Å². The van der Waals surface area contributed by atoms with E-state index in [9.17, 15) is 0 Å². The van der Waals surface area contributed by atoms with E-state index in [1.54, 1.807) is 0 Å². The minimum absolute atomic E-state index is 0.816. The van der Waals surface area contributed by atoms with E-state index in [4.69, 9.17) is 0 Å². The first-order valence-corrected chi connectivity index (χ1v) is 5.57. The maximum Gasteiger partial charge on any atom is 0.0351 e. The summed E-state index contributed by atoms with van der Waals surface area (Å²) in [6, 6.07) is 0.816. The van der Waals surface area contributed by atoms with E-state index in [0.29, 0.717) is 0 Å². The van der Waals surface area contributed by atoms with Crippen LogP contribution in [0.2, 0.25) is 0 Å². The van der Waals surface area contributed by atoms with E-state index in [1.807, 2.05) is 0 Å². The lowest BCUT2D eigenvalue weighted by molar-refractivity contribution is 0.0335. The zero-order valence-electron chi connectivity index (χ0n) is 9.13. The third-order valence-corrected chi connectivity index (χ3v) is 3.10. The molecular formula is C11H21N3. The first-order chi connectivity index (χ1) is 6.75. The maximum absolute atomic E-state index is 3.95. The molecule has 0 radical (unpaired) electrons. The van der Waals surface area contributed by atoms with Crippen molar-refractivity contribution in [3.63, 3.8) is 0 Å². The van der Waals surface area contributed by atoms with Crippen LogP contribution < -0.4 is 5.32 Å². The zero-order chi connectivity index (χ0) is 9.97. The third kappa shape index (κ3) is 2.35. The molecule has 0 atom stereocenters. The zero-order valence-corrected chi connectivity index (χ0v) is 9.13. The summed E-state index contributed by atoms with van der Waals surface area (Å²) in [7, 11) is 0. The van der Waals surface area contributed by atoms with Crippen LogP contribution in [0.15, 0.2) is 12.2 Å². The van der Waals surface area contributed by atoms with Crippen molar-refractivity contribution >= 4 is 0 Å². The predicted octanol–water partition coefficient (Wildman–Crippen LogP) is 0.152. The van der Waals surface area contributed by atoms with Gasteiger partial charge in [-0.1, -0.05) is 12.2 Å². The molecule has 0 bridgehead atoms. The van der Waals surface area contributed by atoms with Crippen molar-refractivity contribution in [3.8, 4) is 0 Å². The van der Waals surface area contributed by atoms with Crippen LogP contribution in [0.1, 0.15) is 6.92 Å². The molecule has 14 heavy (non-hydrogen) atoms. The van der Waals surface area contributed by atoms with Crippen LogP contribution in [-0.2, 0) is 0 Å². The minimum atomic E-state index is 0.816. The number of piperazine rings is 1. The number of likely N-dealkylation sites (tertiary alicyclic amines) is 1. The van der Waals surface area contributed by atoms with Gasteiger partial charge in [-0.2, -0.15) is 0 Å². The molecule has 0 unspecified atom stereocenters. The minimum Gasteiger partial charge on any atom is -0.314 e. The largest absolute Gasteiger partial charge is 0.314 e. The molecule has 0 spiro atoms. The van der Waals surface area contributed by atoms with Crippen LogP contribution in [-0.4, -0.2) is 61.7 Å². The molecule has 0 saturated carbocycles. The normalized spacial score (nSPS) is 26.1. The highest BCUT2D eigenvalue weighted by Crippen LogP contribution is 2.16. The number of nitrogens with one attached hydrogen (secondary N) is 1. The quantitative estimate of drug-likeness (QED) is 0.647. The van der Waals surface area contributed by atoms with Crippen molar-refractivity contribution < 1.29 is 0 Å². The highest BCUT2D eigenvalue weighted by atomic mass is 15.3. The topological polar surface area (TPSA) is 18.5 Å². The van der Waals surface area contributed by atoms with Gasteiger partial charge in [0.05, 0.1) is 0 Å². The molecule has 2 fully saturated rings. The van der Waals surface area contributed by atoms with Crippen LogP contribution in [0.25, 0.3) is 0 Å². The maximum atomic E-state index is 3.95. The molecule has 0 aromatic carbocycles. The lowest BCUT2D eigenvalue weighted by Gasteiger charge is -2.47. The number of hydrogen-bond donors (Lipinski definition) is 1. The molecule has 2 rings (SSSR count). The summed E-state index contributed by atoms with van der Waals surface area (Å²) >= 11 is 0. The molecule has 0 aromatic heterocycles. The molecule has 0 aliphatic carbocycles. The van der Waals surface area contributed by atoms with Crippen LogP contribution in [0.4, 0.5) is 0 Å². The average molecular weight is 195 g/mol. The van der Waals surface area contributed by atoms with Gasteiger partial charge in [0.1, 0.15) is 0 Å². The Balaban J connectivity index is 1.68. The molecule has 80 valence electrons. The number of hydrogen-bond acceptors (Lipinski definition) is 3. The molecular weight excluding hydrogens is 174 g/mol. The summed E-state index contributed by atoms with van der Waals surface area (Å²) in [4.78, 5) is 5.10. The Morgan fingerprint density at radius 3 is 2.57 bits per heavy atom. The summed E-state index contributed by atoms with van der Waals surface area (Å²) < 4.78 is 0. The number of rotatable bonds is 3. The fourth-order valence-corrected chi connectivity index (χ4v) is 2.33. The average Bonchev–Trinajstić information content (AvgIpc) is 2.12. The van der Waals surface area contributed by atoms with E-state index >= 15 is 0 Å². The molecule has 2 heterocycles. The Morgan fingerprint density at radius 2 is 2.00 bits per heavy atom. The van der Waals surface area contributed by atoms with Crippen LogP contribution in [0.3, 0.4) is 0 Å². The van der Waals surface area contributed by atoms with Gasteiger partial charge in [-0.3, -0.25) is 9.80 Å². The second kappa shape index (κ2) is 4.43. The summed E-state index contributed by atoms with van der Waals surface area (Å²) in [5.74, 6) is 0. The van der Waals surface area contributed by atoms with Crippen LogP contribution in [0.5, 0.6) is 0 Å². The second-order valence-corrected chi connectivity index (χ2v) is 4.59. The number of nitrogens with zero attached hydrogens (tertiary/aromatic N) is 2. The predicted molar refractivity (Wildman–Crippen MR) is 59.5 cm³/mol. The molecule has 0 aromatic rings. The Kier molecular flexibility index (Phi) is 3.21. The first kappa shape index (κ1) is 10.1. The molecule has 1 N–H and O–H groups in total. The van der Waals surface area contributed by atoms with Crippen molar-refractivity contribution in [3.05, 3.63) is 12.2 Å². The highest BCUT2D eigenvalue weighted by molar-refractivity contribution is 4.98. The summed E-state index contributed by atoms with van der Waals surface area (Å²) in [5.41, 5.74) is 1.28. The first-order valence-electron chi connectivity index (χ1n) is 5.57. The van der Waals surface area contributed by atoms with E-state index in [1.165, 1.54) is 31.8 Å². The summed E-state index contributed by atoms with van der Waals surface area (Å²) in [6.45, 7) is 14.4. The second-order valence-electron chi connectivity index (χ2n) is 4.59. The van der Waals surface area contributed by atoms with Crippen molar-refractivity contribution in [1.29, 1.82) is 0 Å². The van der Waals surface area contributed by atoms with Gasteiger partial charge in [0.25, 0.3) is 0 Å². The molecule has 2 saturated heterocycles. The van der Waals surface area contributed by atoms with Crippen molar-refractivity contribution in [1.82, 2.24) is 15.1 Å². The highest BCUT2D eigenvalue weighted by Gasteiger charge is 2.31. The SMILES string of the molecule is C=C(C)CN1CC(N2CCNCC2)C1. The van der Waals surface area contributed by atoms with Gasteiger partial charge < -0.3 is 5.32 Å². The Morgan fingerprint density at radius 1 is 1.36 bits per heavy atom. The lowest BCUT2D eigenvalue weighted by atomic mass is 10.1. The van der Waals surface area contributed by atoms with Gasteiger partial charge in [0.2, 0.25) is 0 Å². The van der Waals surface area contributed by atoms with E-state index in [0.717, 1.165) is 25.7 Å². The Bertz CT molecular complexity index is 203. The van der Waals surface area contributed by atoms with E-state index in [-0.39, 0.29) is 0 Å². The third-order valence-electron chi connectivity index (χ3n) is 3.10. The molecule has 3 heteroatoms. The van der Waals surface area contributed by atoms with Crippen molar-refractivity contribution in [2.75, 3.05) is 45.8 Å². The van der Waals surface area contributed by atoms with Gasteiger partial charge in [-0.05, 0) is 6.92 Å².